The summed E-state index contributed by atoms with van der Waals surface area (Å²) in [6.07, 6.45) is 0.992. The zero-order chi connectivity index (χ0) is 14.4. The van der Waals surface area contributed by atoms with Gasteiger partial charge < -0.3 is 10.0 Å². The van der Waals surface area contributed by atoms with E-state index in [4.69, 9.17) is 16.7 Å². The molecule has 1 rings (SSSR count). The van der Waals surface area contributed by atoms with Crippen LogP contribution in [0.2, 0.25) is 5.02 Å². The van der Waals surface area contributed by atoms with Crippen molar-refractivity contribution in [3.05, 3.63) is 34.9 Å². The molecule has 0 saturated heterocycles. The number of hydrogen-bond acceptors (Lipinski definition) is 2. The number of benzene rings is 1. The molecule has 1 unspecified atom stereocenters. The van der Waals surface area contributed by atoms with Gasteiger partial charge in [-0.2, -0.15) is 0 Å². The number of aliphatic carboxylic acids is 1. The predicted molar refractivity (Wildman–Crippen MR) is 74.2 cm³/mol. The molecular weight excluding hydrogens is 266 g/mol. The van der Waals surface area contributed by atoms with Crippen molar-refractivity contribution in [2.24, 2.45) is 5.92 Å². The second-order valence-corrected chi connectivity index (χ2v) is 5.08. The minimum atomic E-state index is -0.891. The first-order valence-corrected chi connectivity index (χ1v) is 6.49. The lowest BCUT2D eigenvalue weighted by Crippen LogP contribution is -2.33. The summed E-state index contributed by atoms with van der Waals surface area (Å²) >= 11 is 5.78. The van der Waals surface area contributed by atoms with Gasteiger partial charge in [-0.15, -0.1) is 0 Å². The molecule has 1 N–H and O–H groups in total. The summed E-state index contributed by atoms with van der Waals surface area (Å²) in [4.78, 5) is 24.0. The fourth-order valence-electron chi connectivity index (χ4n) is 1.68. The third kappa shape index (κ3) is 5.30. The maximum absolute atomic E-state index is 11.8. The first kappa shape index (κ1) is 15.5. The van der Waals surface area contributed by atoms with E-state index in [1.165, 1.54) is 4.90 Å². The summed E-state index contributed by atoms with van der Waals surface area (Å²) in [6.45, 7) is 1.82. The zero-order valence-corrected chi connectivity index (χ0v) is 11.9. The van der Waals surface area contributed by atoms with E-state index in [0.717, 1.165) is 5.56 Å². The number of carbonyl (C=O) groups is 2. The molecule has 0 fully saturated rings. The lowest BCUT2D eigenvalue weighted by molar-refractivity contribution is -0.142. The summed E-state index contributed by atoms with van der Waals surface area (Å²) in [5, 5.41) is 9.47. The first-order chi connectivity index (χ1) is 8.90. The Labute approximate surface area is 118 Å². The molecule has 0 spiro atoms. The number of hydrogen-bond donors (Lipinski definition) is 1. The highest BCUT2D eigenvalue weighted by atomic mass is 35.5. The smallest absolute Gasteiger partial charge is 0.308 e. The fraction of sp³-hybridized carbons (Fsp3) is 0.429. The van der Waals surface area contributed by atoms with E-state index in [2.05, 4.69) is 0 Å². The first-order valence-electron chi connectivity index (χ1n) is 6.11. The summed E-state index contributed by atoms with van der Waals surface area (Å²) in [7, 11) is 1.63. The highest BCUT2D eigenvalue weighted by molar-refractivity contribution is 6.30. The van der Waals surface area contributed by atoms with Crippen molar-refractivity contribution in [1.82, 2.24) is 4.90 Å². The van der Waals surface area contributed by atoms with Gasteiger partial charge in [-0.1, -0.05) is 30.7 Å². The Morgan fingerprint density at radius 1 is 1.32 bits per heavy atom. The van der Waals surface area contributed by atoms with Gasteiger partial charge in [0, 0.05) is 25.0 Å². The van der Waals surface area contributed by atoms with Crippen molar-refractivity contribution in [3.8, 4) is 0 Å². The molecule has 4 nitrogen and oxygen atoms in total. The van der Waals surface area contributed by atoms with E-state index >= 15 is 0 Å². The van der Waals surface area contributed by atoms with Gasteiger partial charge in [0.1, 0.15) is 0 Å². The number of amides is 1. The topological polar surface area (TPSA) is 57.6 Å². The Bertz CT molecular complexity index is 445. The van der Waals surface area contributed by atoms with E-state index < -0.39 is 11.9 Å². The van der Waals surface area contributed by atoms with Crippen LogP contribution in [0.3, 0.4) is 0 Å². The van der Waals surface area contributed by atoms with Crippen molar-refractivity contribution < 1.29 is 14.7 Å². The van der Waals surface area contributed by atoms with Crippen molar-refractivity contribution in [1.29, 1.82) is 0 Å². The summed E-state index contributed by atoms with van der Waals surface area (Å²) in [5.74, 6) is -1.50. The predicted octanol–water partition coefficient (Wildman–Crippen LogP) is 2.45. The van der Waals surface area contributed by atoms with Crippen LogP contribution in [0.5, 0.6) is 0 Å². The van der Waals surface area contributed by atoms with Gasteiger partial charge in [0.2, 0.25) is 5.91 Å². The largest absolute Gasteiger partial charge is 0.481 e. The Balaban J connectivity index is 2.42. The molecular formula is C14H18ClNO3. The van der Waals surface area contributed by atoms with Crippen molar-refractivity contribution in [2.45, 2.75) is 19.8 Å². The minimum absolute atomic E-state index is 0.0527. The molecule has 0 aliphatic rings. The van der Waals surface area contributed by atoms with E-state index in [-0.39, 0.29) is 12.5 Å². The van der Waals surface area contributed by atoms with Crippen LogP contribution >= 0.6 is 11.6 Å². The van der Waals surface area contributed by atoms with Crippen LogP contribution in [0, 0.1) is 5.92 Å². The van der Waals surface area contributed by atoms with Crippen LogP contribution in [-0.4, -0.2) is 35.5 Å². The molecule has 1 aromatic rings. The molecule has 0 aromatic heterocycles. The van der Waals surface area contributed by atoms with Gasteiger partial charge >= 0.3 is 5.97 Å². The Kier molecular flexibility index (Phi) is 5.83. The molecule has 1 amide bonds. The maximum atomic E-state index is 11.8. The summed E-state index contributed by atoms with van der Waals surface area (Å²) < 4.78 is 0. The minimum Gasteiger partial charge on any atom is -0.481 e. The van der Waals surface area contributed by atoms with Gasteiger partial charge in [0.25, 0.3) is 0 Å². The fourth-order valence-corrected chi connectivity index (χ4v) is 1.81. The number of carboxylic acids is 1. The van der Waals surface area contributed by atoms with Crippen LogP contribution in [-0.2, 0) is 16.0 Å². The van der Waals surface area contributed by atoms with Crippen LogP contribution in [0.15, 0.2) is 24.3 Å². The highest BCUT2D eigenvalue weighted by Gasteiger charge is 2.17. The normalized spacial score (nSPS) is 11.9. The van der Waals surface area contributed by atoms with Crippen molar-refractivity contribution in [2.75, 3.05) is 13.6 Å². The van der Waals surface area contributed by atoms with Crippen molar-refractivity contribution in [3.63, 3.8) is 0 Å². The van der Waals surface area contributed by atoms with Gasteiger partial charge in [-0.3, -0.25) is 9.59 Å². The second-order valence-electron chi connectivity index (χ2n) is 4.64. The Morgan fingerprint density at radius 2 is 1.89 bits per heavy atom. The van der Waals surface area contributed by atoms with Gasteiger partial charge in [0.15, 0.2) is 0 Å². The number of aryl methyl sites for hydroxylation is 1. The monoisotopic (exact) mass is 283 g/mol. The molecule has 0 aliphatic carbocycles. The van der Waals surface area contributed by atoms with Gasteiger partial charge in [-0.05, 0) is 24.1 Å². The second kappa shape index (κ2) is 7.14. The molecule has 19 heavy (non-hydrogen) atoms. The van der Waals surface area contributed by atoms with E-state index in [1.54, 1.807) is 26.1 Å². The molecule has 0 saturated carbocycles. The highest BCUT2D eigenvalue weighted by Crippen LogP contribution is 2.11. The third-order valence-electron chi connectivity index (χ3n) is 2.94. The summed E-state index contributed by atoms with van der Waals surface area (Å²) in [5.41, 5.74) is 1.04. The van der Waals surface area contributed by atoms with E-state index in [9.17, 15) is 9.59 Å². The molecule has 0 bridgehead atoms. The van der Waals surface area contributed by atoms with E-state index in [1.807, 2.05) is 12.1 Å². The average Bonchev–Trinajstić information content (AvgIpc) is 2.37. The average molecular weight is 284 g/mol. The maximum Gasteiger partial charge on any atom is 0.308 e. The molecule has 104 valence electrons. The Morgan fingerprint density at radius 3 is 2.42 bits per heavy atom. The molecule has 5 heteroatoms. The van der Waals surface area contributed by atoms with E-state index in [0.29, 0.717) is 17.9 Å². The van der Waals surface area contributed by atoms with Crippen molar-refractivity contribution >= 4 is 23.5 Å². The van der Waals surface area contributed by atoms with Gasteiger partial charge in [0.05, 0.1) is 5.92 Å². The molecule has 0 heterocycles. The van der Waals surface area contributed by atoms with Crippen LogP contribution in [0.1, 0.15) is 18.9 Å². The Hall–Kier alpha value is -1.55. The summed E-state index contributed by atoms with van der Waals surface area (Å²) in [6, 6.07) is 7.35. The number of rotatable bonds is 6. The van der Waals surface area contributed by atoms with Crippen LogP contribution in [0.25, 0.3) is 0 Å². The lowest BCUT2D eigenvalue weighted by Gasteiger charge is -2.19. The SMILES string of the molecule is CC(CN(C)C(=O)CCc1ccc(Cl)cc1)C(=O)O. The number of nitrogens with zero attached hydrogens (tertiary/aromatic N) is 1. The number of halogens is 1. The zero-order valence-electron chi connectivity index (χ0n) is 11.1. The molecule has 0 radical (unpaired) electrons. The number of carboxylic acid groups (broad SMARTS) is 1. The molecule has 1 atom stereocenters. The molecule has 1 aromatic carbocycles. The van der Waals surface area contributed by atoms with Crippen LogP contribution in [0.4, 0.5) is 0 Å². The standard InChI is InChI=1S/C14H18ClNO3/c1-10(14(18)19)9-16(2)13(17)8-5-11-3-6-12(15)7-4-11/h3-4,6-7,10H,5,8-9H2,1-2H3,(H,18,19). The number of carbonyl (C=O) groups excluding carboxylic acids is 1. The lowest BCUT2D eigenvalue weighted by atomic mass is 10.1. The quantitative estimate of drug-likeness (QED) is 0.872. The van der Waals surface area contributed by atoms with Gasteiger partial charge in [-0.25, -0.2) is 0 Å². The third-order valence-corrected chi connectivity index (χ3v) is 3.19. The van der Waals surface area contributed by atoms with Crippen LogP contribution < -0.4 is 0 Å². The molecule has 0 aliphatic heterocycles.